The Kier molecular flexibility index (Phi) is 6.25. The van der Waals surface area contributed by atoms with Gasteiger partial charge in [0.25, 0.3) is 0 Å². The Labute approximate surface area is 202 Å². The molecular weight excluding hydrogens is 471 g/mol. The van der Waals surface area contributed by atoms with Gasteiger partial charge in [-0.05, 0) is 54.4 Å². The van der Waals surface area contributed by atoms with E-state index in [-0.39, 0.29) is 5.82 Å². The van der Waals surface area contributed by atoms with Crippen molar-refractivity contribution in [3.63, 3.8) is 0 Å². The zero-order valence-corrected chi connectivity index (χ0v) is 19.1. The number of nitrogens with zero attached hydrogens (tertiary/aromatic N) is 3. The number of ether oxygens (including phenoxy) is 1. The summed E-state index contributed by atoms with van der Waals surface area (Å²) in [7, 11) is 0. The fourth-order valence-corrected chi connectivity index (χ4v) is 4.48. The van der Waals surface area contributed by atoms with Gasteiger partial charge in [0.05, 0.1) is 30.0 Å². The summed E-state index contributed by atoms with van der Waals surface area (Å²) in [6.07, 6.45) is 6.43. The van der Waals surface area contributed by atoms with Crippen LogP contribution in [0, 0.1) is 17.1 Å². The molecule has 0 aliphatic rings. The van der Waals surface area contributed by atoms with Crippen molar-refractivity contribution in [2.24, 2.45) is 0 Å². The Balaban J connectivity index is 1.46. The molecule has 0 aliphatic carbocycles. The van der Waals surface area contributed by atoms with E-state index in [0.29, 0.717) is 33.9 Å². The summed E-state index contributed by atoms with van der Waals surface area (Å²) in [4.78, 5) is 9.48. The second kappa shape index (κ2) is 9.79. The number of rotatable bonds is 7. The lowest BCUT2D eigenvalue weighted by Crippen LogP contribution is -1.95. The van der Waals surface area contributed by atoms with Gasteiger partial charge in [-0.1, -0.05) is 12.1 Å². The molecule has 0 amide bonds. The summed E-state index contributed by atoms with van der Waals surface area (Å²) in [5.41, 5.74) is 3.08. The van der Waals surface area contributed by atoms with Gasteiger partial charge in [-0.2, -0.15) is 5.26 Å². The van der Waals surface area contributed by atoms with E-state index in [9.17, 15) is 9.65 Å². The molecule has 2 aromatic carbocycles. The average Bonchev–Trinajstić information content (AvgIpc) is 3.58. The second-order valence-electron chi connectivity index (χ2n) is 7.00. The van der Waals surface area contributed by atoms with Crippen LogP contribution in [-0.2, 0) is 0 Å². The lowest BCUT2D eigenvalue weighted by Gasteiger charge is -2.13. The highest BCUT2D eigenvalue weighted by Gasteiger charge is 2.15. The van der Waals surface area contributed by atoms with Crippen LogP contribution in [0.4, 0.5) is 9.52 Å². The molecule has 0 atom stereocenters. The summed E-state index contributed by atoms with van der Waals surface area (Å²) in [5, 5.41) is 12.4. The van der Waals surface area contributed by atoms with Crippen molar-refractivity contribution in [1.29, 1.82) is 5.26 Å². The molecule has 3 aromatic heterocycles. The van der Waals surface area contributed by atoms with Crippen molar-refractivity contribution < 1.29 is 13.5 Å². The molecule has 166 valence electrons. The SMILES string of the molecule is N#Cc1cc(SNc2nccs2)ccc1Oc1cnc(-c2cccc(F)c2)cc1-c1ccoc1. The van der Waals surface area contributed by atoms with Crippen LogP contribution in [0.15, 0.2) is 94.2 Å². The van der Waals surface area contributed by atoms with Crippen LogP contribution in [0.25, 0.3) is 22.4 Å². The summed E-state index contributed by atoms with van der Waals surface area (Å²) in [6.45, 7) is 0. The Morgan fingerprint density at radius 1 is 1.06 bits per heavy atom. The Bertz CT molecular complexity index is 1470. The lowest BCUT2D eigenvalue weighted by molar-refractivity contribution is 0.480. The number of anilines is 1. The molecule has 6 nitrogen and oxygen atoms in total. The molecule has 0 spiro atoms. The molecule has 5 rings (SSSR count). The highest BCUT2D eigenvalue weighted by molar-refractivity contribution is 8.00. The topological polar surface area (TPSA) is 84.0 Å². The van der Waals surface area contributed by atoms with E-state index < -0.39 is 0 Å². The maximum absolute atomic E-state index is 13.7. The zero-order valence-electron chi connectivity index (χ0n) is 17.4. The number of nitrogens with one attached hydrogen (secondary N) is 1. The molecule has 9 heteroatoms. The molecule has 0 saturated heterocycles. The predicted octanol–water partition coefficient (Wildman–Crippen LogP) is 7.39. The Morgan fingerprint density at radius 2 is 2.00 bits per heavy atom. The van der Waals surface area contributed by atoms with Crippen LogP contribution in [0.5, 0.6) is 11.5 Å². The highest BCUT2D eigenvalue weighted by atomic mass is 32.2. The van der Waals surface area contributed by atoms with Gasteiger partial charge in [-0.25, -0.2) is 9.37 Å². The predicted molar refractivity (Wildman–Crippen MR) is 130 cm³/mol. The smallest absolute Gasteiger partial charge is 0.192 e. The molecular formula is C25H15FN4O2S2. The minimum Gasteiger partial charge on any atom is -0.472 e. The molecule has 5 aromatic rings. The van der Waals surface area contributed by atoms with Gasteiger partial charge in [0, 0.05) is 33.2 Å². The van der Waals surface area contributed by atoms with E-state index in [4.69, 9.17) is 9.15 Å². The fourth-order valence-electron chi connectivity index (χ4n) is 3.22. The Hall–Kier alpha value is -4.13. The summed E-state index contributed by atoms with van der Waals surface area (Å²) in [5.74, 6) is 0.496. The van der Waals surface area contributed by atoms with Crippen LogP contribution in [0.2, 0.25) is 0 Å². The fraction of sp³-hybridized carbons (Fsp3) is 0. The first-order valence-electron chi connectivity index (χ1n) is 10.0. The number of nitriles is 1. The molecule has 0 saturated carbocycles. The van der Waals surface area contributed by atoms with Crippen molar-refractivity contribution in [1.82, 2.24) is 9.97 Å². The number of thiazole rings is 1. The number of hydrogen-bond donors (Lipinski definition) is 1. The number of hydrogen-bond acceptors (Lipinski definition) is 8. The maximum atomic E-state index is 13.7. The van der Waals surface area contributed by atoms with E-state index in [2.05, 4.69) is 20.8 Å². The zero-order chi connectivity index (χ0) is 23.3. The van der Waals surface area contributed by atoms with Crippen molar-refractivity contribution in [2.45, 2.75) is 4.90 Å². The quantitative estimate of drug-likeness (QED) is 0.240. The first-order chi connectivity index (χ1) is 16.7. The maximum Gasteiger partial charge on any atom is 0.192 e. The molecule has 0 fully saturated rings. The molecule has 0 radical (unpaired) electrons. The number of aromatic nitrogens is 2. The van der Waals surface area contributed by atoms with Gasteiger partial charge in [-0.3, -0.25) is 4.98 Å². The van der Waals surface area contributed by atoms with Gasteiger partial charge in [0.2, 0.25) is 0 Å². The third kappa shape index (κ3) is 4.78. The number of benzene rings is 2. The first kappa shape index (κ1) is 21.7. The molecule has 0 unspecified atom stereocenters. The number of halogens is 1. The van der Waals surface area contributed by atoms with E-state index in [1.165, 1.54) is 35.4 Å². The van der Waals surface area contributed by atoms with Crippen LogP contribution in [0.1, 0.15) is 5.56 Å². The lowest BCUT2D eigenvalue weighted by atomic mass is 10.0. The molecule has 34 heavy (non-hydrogen) atoms. The van der Waals surface area contributed by atoms with Crippen molar-refractivity contribution >= 4 is 28.4 Å². The van der Waals surface area contributed by atoms with Gasteiger partial charge in [-0.15, -0.1) is 11.3 Å². The second-order valence-corrected chi connectivity index (χ2v) is 8.78. The van der Waals surface area contributed by atoms with Gasteiger partial charge >= 0.3 is 0 Å². The summed E-state index contributed by atoms with van der Waals surface area (Å²) in [6, 6.07) is 17.4. The molecule has 0 bridgehead atoms. The summed E-state index contributed by atoms with van der Waals surface area (Å²) >= 11 is 2.85. The van der Waals surface area contributed by atoms with Crippen molar-refractivity contribution in [3.05, 3.63) is 96.3 Å². The van der Waals surface area contributed by atoms with Crippen molar-refractivity contribution in [2.75, 3.05) is 4.72 Å². The number of pyridine rings is 1. The Morgan fingerprint density at radius 3 is 2.76 bits per heavy atom. The van der Waals surface area contributed by atoms with Gasteiger partial charge in [0.15, 0.2) is 10.9 Å². The molecule has 3 heterocycles. The highest BCUT2D eigenvalue weighted by Crippen LogP contribution is 2.37. The monoisotopic (exact) mass is 486 g/mol. The van der Waals surface area contributed by atoms with E-state index >= 15 is 0 Å². The van der Waals surface area contributed by atoms with Crippen LogP contribution in [-0.4, -0.2) is 9.97 Å². The third-order valence-electron chi connectivity index (χ3n) is 4.80. The third-order valence-corrected chi connectivity index (χ3v) is 6.40. The van der Waals surface area contributed by atoms with Crippen molar-refractivity contribution in [3.8, 4) is 40.0 Å². The minimum atomic E-state index is -0.342. The summed E-state index contributed by atoms with van der Waals surface area (Å²) < 4.78 is 28.3. The van der Waals surface area contributed by atoms with Crippen LogP contribution in [0.3, 0.4) is 0 Å². The van der Waals surface area contributed by atoms with Crippen LogP contribution >= 0.6 is 23.3 Å². The normalized spacial score (nSPS) is 10.6. The number of furan rings is 1. The van der Waals surface area contributed by atoms with E-state index in [1.807, 2.05) is 17.5 Å². The van der Waals surface area contributed by atoms with Gasteiger partial charge < -0.3 is 13.9 Å². The van der Waals surface area contributed by atoms with E-state index in [1.54, 1.807) is 55.3 Å². The minimum absolute atomic E-state index is 0.342. The van der Waals surface area contributed by atoms with E-state index in [0.717, 1.165) is 15.6 Å². The van der Waals surface area contributed by atoms with Crippen LogP contribution < -0.4 is 9.46 Å². The first-order valence-corrected chi connectivity index (χ1v) is 11.7. The average molecular weight is 487 g/mol. The molecule has 0 aliphatic heterocycles. The molecule has 1 N–H and O–H groups in total. The standard InChI is InChI=1S/C25H15FN4O2S2/c26-19-3-1-2-16(10-19)22-12-21(17-6-8-31-15-17)24(14-29-22)32-23-5-4-20(11-18(23)13-27)34-30-25-28-7-9-33-25/h1-12,14-15H,(H,28,30). The van der Waals surface area contributed by atoms with Gasteiger partial charge in [0.1, 0.15) is 17.6 Å². The largest absolute Gasteiger partial charge is 0.472 e.